The van der Waals surface area contributed by atoms with Crippen molar-refractivity contribution < 1.29 is 0 Å². The molecule has 2 aromatic rings. The maximum Gasteiger partial charge on any atom is 0.120 e. The van der Waals surface area contributed by atoms with Gasteiger partial charge in [0, 0.05) is 18.2 Å². The van der Waals surface area contributed by atoms with Crippen LogP contribution in [0.2, 0.25) is 0 Å². The smallest absolute Gasteiger partial charge is 0.120 e. The number of hydrogen-bond donors (Lipinski definition) is 0. The van der Waals surface area contributed by atoms with Gasteiger partial charge in [-0.2, -0.15) is 5.26 Å². The highest BCUT2D eigenvalue weighted by Gasteiger charge is 2.10. The number of benzene rings is 1. The van der Waals surface area contributed by atoms with Crippen molar-refractivity contribution in [2.24, 2.45) is 0 Å². The maximum atomic E-state index is 9.11. The van der Waals surface area contributed by atoms with Gasteiger partial charge >= 0.3 is 0 Å². The maximum absolute atomic E-state index is 9.11. The van der Waals surface area contributed by atoms with Gasteiger partial charge in [0.2, 0.25) is 0 Å². The summed E-state index contributed by atoms with van der Waals surface area (Å²) in [5.41, 5.74) is 4.50. The number of aromatic nitrogens is 1. The van der Waals surface area contributed by atoms with Crippen LogP contribution in [0, 0.1) is 18.3 Å². The molecule has 0 atom stereocenters. The molecule has 0 spiro atoms. The Bertz CT molecular complexity index is 568. The largest absolute Gasteiger partial charge is 0.334 e. The van der Waals surface area contributed by atoms with Crippen LogP contribution in [0.1, 0.15) is 42.4 Å². The molecule has 0 aliphatic carbocycles. The van der Waals surface area contributed by atoms with Gasteiger partial charge in [-0.15, -0.1) is 0 Å². The molecule has 2 nitrogen and oxygen atoms in total. The van der Waals surface area contributed by atoms with Gasteiger partial charge in [-0.3, -0.25) is 0 Å². The Morgan fingerprint density at radius 2 is 1.78 bits per heavy atom. The molecule has 2 heteroatoms. The van der Waals surface area contributed by atoms with Gasteiger partial charge in [0.25, 0.3) is 0 Å². The van der Waals surface area contributed by atoms with Crippen LogP contribution in [0.15, 0.2) is 36.4 Å². The fourth-order valence-electron chi connectivity index (χ4n) is 2.25. The van der Waals surface area contributed by atoms with Crippen molar-refractivity contribution in [3.05, 3.63) is 58.9 Å². The summed E-state index contributed by atoms with van der Waals surface area (Å²) in [7, 11) is 0. The summed E-state index contributed by atoms with van der Waals surface area (Å²) in [5.74, 6) is 0. The van der Waals surface area contributed by atoms with E-state index in [4.69, 9.17) is 5.26 Å². The van der Waals surface area contributed by atoms with E-state index in [1.165, 1.54) is 16.8 Å². The highest BCUT2D eigenvalue weighted by atomic mass is 15.0. The first kappa shape index (κ1) is 12.4. The van der Waals surface area contributed by atoms with E-state index in [0.29, 0.717) is 6.04 Å². The van der Waals surface area contributed by atoms with Crippen LogP contribution in [0.4, 0.5) is 0 Å². The van der Waals surface area contributed by atoms with Crippen LogP contribution >= 0.6 is 0 Å². The first-order chi connectivity index (χ1) is 8.61. The molecule has 1 aromatic carbocycles. The summed E-state index contributed by atoms with van der Waals surface area (Å²) in [5, 5.41) is 9.11. The van der Waals surface area contributed by atoms with Crippen molar-refractivity contribution in [3.63, 3.8) is 0 Å². The van der Waals surface area contributed by atoms with E-state index < -0.39 is 0 Å². The summed E-state index contributed by atoms with van der Waals surface area (Å²) >= 11 is 0. The third-order valence-corrected chi connectivity index (χ3v) is 3.14. The molecule has 0 saturated carbocycles. The highest BCUT2D eigenvalue weighted by molar-refractivity contribution is 5.32. The molecule has 0 saturated heterocycles. The van der Waals surface area contributed by atoms with E-state index >= 15 is 0 Å². The van der Waals surface area contributed by atoms with Crippen molar-refractivity contribution in [2.45, 2.75) is 33.2 Å². The molecule has 1 aromatic heterocycles. The summed E-state index contributed by atoms with van der Waals surface area (Å²) in [4.78, 5) is 0. The predicted octanol–water partition coefficient (Wildman–Crippen LogP) is 3.84. The molecule has 92 valence electrons. The molecule has 1 heterocycles. The van der Waals surface area contributed by atoms with Crippen molar-refractivity contribution in [1.82, 2.24) is 4.57 Å². The Kier molecular flexibility index (Phi) is 3.53. The molecule has 0 bridgehead atoms. The van der Waals surface area contributed by atoms with E-state index in [1.54, 1.807) is 0 Å². The van der Waals surface area contributed by atoms with Crippen molar-refractivity contribution >= 4 is 0 Å². The molecule has 2 rings (SSSR count). The molecular formula is C16H18N2. The van der Waals surface area contributed by atoms with Gasteiger partial charge in [0.1, 0.15) is 11.8 Å². The van der Waals surface area contributed by atoms with E-state index in [2.05, 4.69) is 61.7 Å². The van der Waals surface area contributed by atoms with Crippen LogP contribution in [0.25, 0.3) is 0 Å². The summed E-state index contributed by atoms with van der Waals surface area (Å²) in [6.07, 6.45) is 0.875. The lowest BCUT2D eigenvalue weighted by Gasteiger charge is -2.14. The first-order valence-corrected chi connectivity index (χ1v) is 6.27. The predicted molar refractivity (Wildman–Crippen MR) is 73.5 cm³/mol. The molecule has 0 amide bonds. The van der Waals surface area contributed by atoms with Gasteiger partial charge in [0.05, 0.1) is 0 Å². The Hall–Kier alpha value is -2.01. The van der Waals surface area contributed by atoms with E-state index in [1.807, 2.05) is 6.07 Å². The van der Waals surface area contributed by atoms with Gasteiger partial charge in [0.15, 0.2) is 0 Å². The molecule has 0 unspecified atom stereocenters. The average Bonchev–Trinajstić information content (AvgIpc) is 2.75. The van der Waals surface area contributed by atoms with E-state index in [-0.39, 0.29) is 0 Å². The van der Waals surface area contributed by atoms with Gasteiger partial charge in [-0.25, -0.2) is 0 Å². The van der Waals surface area contributed by atoms with Crippen LogP contribution in [-0.2, 0) is 6.42 Å². The summed E-state index contributed by atoms with van der Waals surface area (Å²) < 4.78 is 2.11. The fraction of sp³-hybridized carbons (Fsp3) is 0.312. The van der Waals surface area contributed by atoms with Crippen LogP contribution < -0.4 is 0 Å². The first-order valence-electron chi connectivity index (χ1n) is 6.27. The molecule has 18 heavy (non-hydrogen) atoms. The van der Waals surface area contributed by atoms with Crippen LogP contribution in [0.5, 0.6) is 0 Å². The Labute approximate surface area is 108 Å². The average molecular weight is 238 g/mol. The Morgan fingerprint density at radius 1 is 1.11 bits per heavy atom. The topological polar surface area (TPSA) is 28.7 Å². The standard InChI is InChI=1S/C16H18N2/c1-12(2)18-15(8-9-16(18)11-17)10-14-6-4-13(3)5-7-14/h4-9,12H,10H2,1-3H3. The van der Waals surface area contributed by atoms with Crippen molar-refractivity contribution in [1.29, 1.82) is 5.26 Å². The second kappa shape index (κ2) is 5.10. The minimum atomic E-state index is 0.315. The third-order valence-electron chi connectivity index (χ3n) is 3.14. The molecule has 0 radical (unpaired) electrons. The quantitative estimate of drug-likeness (QED) is 0.798. The lowest BCUT2D eigenvalue weighted by Crippen LogP contribution is -2.08. The zero-order chi connectivity index (χ0) is 13.1. The SMILES string of the molecule is Cc1ccc(Cc2ccc(C#N)n2C(C)C)cc1. The van der Waals surface area contributed by atoms with Crippen molar-refractivity contribution in [3.8, 4) is 6.07 Å². The lowest BCUT2D eigenvalue weighted by atomic mass is 10.1. The van der Waals surface area contributed by atoms with Gasteiger partial charge in [-0.1, -0.05) is 29.8 Å². The van der Waals surface area contributed by atoms with Crippen LogP contribution in [-0.4, -0.2) is 4.57 Å². The number of hydrogen-bond acceptors (Lipinski definition) is 1. The monoisotopic (exact) mass is 238 g/mol. The fourth-order valence-corrected chi connectivity index (χ4v) is 2.25. The molecule has 0 N–H and O–H groups in total. The summed E-state index contributed by atoms with van der Waals surface area (Å²) in [6, 6.07) is 15.1. The van der Waals surface area contributed by atoms with E-state index in [9.17, 15) is 0 Å². The zero-order valence-corrected chi connectivity index (χ0v) is 11.1. The second-order valence-electron chi connectivity index (χ2n) is 4.95. The van der Waals surface area contributed by atoms with Gasteiger partial charge in [-0.05, 0) is 38.5 Å². The number of nitrogens with zero attached hydrogens (tertiary/aromatic N) is 2. The zero-order valence-electron chi connectivity index (χ0n) is 11.1. The minimum absolute atomic E-state index is 0.315. The molecule has 0 aliphatic rings. The number of nitriles is 1. The molecule has 0 aliphatic heterocycles. The van der Waals surface area contributed by atoms with Gasteiger partial charge < -0.3 is 4.57 Å². The Morgan fingerprint density at radius 3 is 2.33 bits per heavy atom. The highest BCUT2D eigenvalue weighted by Crippen LogP contribution is 2.19. The van der Waals surface area contributed by atoms with Crippen LogP contribution in [0.3, 0.4) is 0 Å². The number of aryl methyl sites for hydroxylation is 1. The molecule has 0 fully saturated rings. The third kappa shape index (κ3) is 2.46. The Balaban J connectivity index is 2.32. The summed E-state index contributed by atoms with van der Waals surface area (Å²) in [6.45, 7) is 6.31. The number of rotatable bonds is 3. The second-order valence-corrected chi connectivity index (χ2v) is 4.95. The normalized spacial score (nSPS) is 10.6. The van der Waals surface area contributed by atoms with E-state index in [0.717, 1.165) is 12.1 Å². The minimum Gasteiger partial charge on any atom is -0.334 e. The van der Waals surface area contributed by atoms with Crippen molar-refractivity contribution in [2.75, 3.05) is 0 Å². The molecular weight excluding hydrogens is 220 g/mol. The lowest BCUT2D eigenvalue weighted by molar-refractivity contribution is 0.576.